The number of nitrogens with zero attached hydrogens (tertiary/aromatic N) is 3. The highest BCUT2D eigenvalue weighted by atomic mass is 16.5. The number of methoxy groups -OCH3 is 1. The first kappa shape index (κ1) is 22.0. The van der Waals surface area contributed by atoms with Crippen LogP contribution in [0.5, 0.6) is 11.5 Å². The van der Waals surface area contributed by atoms with Crippen LogP contribution in [0.25, 0.3) is 11.0 Å². The van der Waals surface area contributed by atoms with Crippen molar-refractivity contribution in [2.45, 2.75) is 32.2 Å². The predicted octanol–water partition coefficient (Wildman–Crippen LogP) is 5.21. The SMILES string of the molecule is CCc1ccc(N2CC(c3nc4ccccc4n3CCOc3ccc(OC)cc3)CC2=O)cc1. The van der Waals surface area contributed by atoms with E-state index in [9.17, 15) is 4.79 Å². The lowest BCUT2D eigenvalue weighted by Gasteiger charge is -2.18. The highest BCUT2D eigenvalue weighted by molar-refractivity contribution is 5.96. The molecule has 0 radical (unpaired) electrons. The highest BCUT2D eigenvalue weighted by Gasteiger charge is 2.34. The molecule has 0 spiro atoms. The molecule has 1 amide bonds. The molecular formula is C28H29N3O3. The molecule has 0 saturated carbocycles. The number of carbonyl (C=O) groups is 1. The van der Waals surface area contributed by atoms with Crippen molar-refractivity contribution in [3.63, 3.8) is 0 Å². The van der Waals surface area contributed by atoms with Crippen molar-refractivity contribution in [1.29, 1.82) is 0 Å². The molecule has 6 nitrogen and oxygen atoms in total. The second-order valence-electron chi connectivity index (χ2n) is 8.56. The summed E-state index contributed by atoms with van der Waals surface area (Å²) >= 11 is 0. The minimum Gasteiger partial charge on any atom is -0.497 e. The minimum atomic E-state index is 0.0340. The maximum Gasteiger partial charge on any atom is 0.227 e. The summed E-state index contributed by atoms with van der Waals surface area (Å²) in [6, 6.07) is 24.0. The number of aromatic nitrogens is 2. The lowest BCUT2D eigenvalue weighted by Crippen LogP contribution is -2.24. The average Bonchev–Trinajstić information content (AvgIpc) is 3.45. The first-order valence-corrected chi connectivity index (χ1v) is 11.8. The number of para-hydroxylation sites is 2. The fourth-order valence-corrected chi connectivity index (χ4v) is 4.61. The van der Waals surface area contributed by atoms with Crippen LogP contribution in [0.2, 0.25) is 0 Å². The fourth-order valence-electron chi connectivity index (χ4n) is 4.61. The molecule has 0 aliphatic carbocycles. The van der Waals surface area contributed by atoms with Crippen LogP contribution < -0.4 is 14.4 Å². The number of carbonyl (C=O) groups excluding carboxylic acids is 1. The molecule has 6 heteroatoms. The normalized spacial score (nSPS) is 15.8. The zero-order chi connectivity index (χ0) is 23.5. The zero-order valence-electron chi connectivity index (χ0n) is 19.6. The maximum absolute atomic E-state index is 12.9. The number of imidazole rings is 1. The van der Waals surface area contributed by atoms with Crippen LogP contribution in [-0.4, -0.2) is 35.7 Å². The van der Waals surface area contributed by atoms with Crippen LogP contribution in [-0.2, 0) is 17.8 Å². The molecule has 2 heterocycles. The molecular weight excluding hydrogens is 426 g/mol. The maximum atomic E-state index is 12.9. The molecule has 1 saturated heterocycles. The van der Waals surface area contributed by atoms with E-state index in [1.165, 1.54) is 5.56 Å². The quantitative estimate of drug-likeness (QED) is 0.366. The topological polar surface area (TPSA) is 56.6 Å². The molecule has 1 atom stereocenters. The molecule has 0 N–H and O–H groups in total. The summed E-state index contributed by atoms with van der Waals surface area (Å²) in [6.07, 6.45) is 1.44. The van der Waals surface area contributed by atoms with Gasteiger partial charge in [-0.25, -0.2) is 4.98 Å². The van der Waals surface area contributed by atoms with E-state index in [0.717, 1.165) is 40.5 Å². The third-order valence-electron chi connectivity index (χ3n) is 6.47. The Hall–Kier alpha value is -3.80. The molecule has 34 heavy (non-hydrogen) atoms. The van der Waals surface area contributed by atoms with Gasteiger partial charge in [-0.3, -0.25) is 4.79 Å². The summed E-state index contributed by atoms with van der Waals surface area (Å²) in [5, 5.41) is 0. The van der Waals surface area contributed by atoms with Crippen molar-refractivity contribution in [3.8, 4) is 11.5 Å². The van der Waals surface area contributed by atoms with Crippen molar-refractivity contribution in [3.05, 3.63) is 84.2 Å². The number of benzene rings is 3. The molecule has 4 aromatic rings. The van der Waals surface area contributed by atoms with Gasteiger partial charge in [-0.1, -0.05) is 31.2 Å². The second kappa shape index (κ2) is 9.59. The Morgan fingerprint density at radius 2 is 1.71 bits per heavy atom. The molecule has 1 aliphatic rings. The van der Waals surface area contributed by atoms with Crippen molar-refractivity contribution >= 4 is 22.6 Å². The summed E-state index contributed by atoms with van der Waals surface area (Å²) in [5.41, 5.74) is 4.23. The Labute approximate surface area is 199 Å². The molecule has 1 unspecified atom stereocenters. The first-order valence-electron chi connectivity index (χ1n) is 11.8. The Bertz CT molecular complexity index is 1280. The summed E-state index contributed by atoms with van der Waals surface area (Å²) in [5.74, 6) is 2.72. The van der Waals surface area contributed by atoms with E-state index in [1.807, 2.05) is 59.5 Å². The number of amides is 1. The van der Waals surface area contributed by atoms with Crippen molar-refractivity contribution in [1.82, 2.24) is 9.55 Å². The number of ether oxygens (including phenoxy) is 2. The summed E-state index contributed by atoms with van der Waals surface area (Å²) in [6.45, 7) is 3.92. The Morgan fingerprint density at radius 3 is 2.44 bits per heavy atom. The number of anilines is 1. The van der Waals surface area contributed by atoms with Crippen LogP contribution in [0.4, 0.5) is 5.69 Å². The highest BCUT2D eigenvalue weighted by Crippen LogP contribution is 2.33. The summed E-state index contributed by atoms with van der Waals surface area (Å²) < 4.78 is 13.4. The first-order chi connectivity index (χ1) is 16.7. The number of rotatable bonds is 8. The van der Waals surface area contributed by atoms with Gasteiger partial charge in [0.2, 0.25) is 5.91 Å². The molecule has 1 aromatic heterocycles. The Kier molecular flexibility index (Phi) is 6.21. The van der Waals surface area contributed by atoms with Crippen molar-refractivity contribution < 1.29 is 14.3 Å². The smallest absolute Gasteiger partial charge is 0.227 e. The van der Waals surface area contributed by atoms with Crippen LogP contribution in [0.15, 0.2) is 72.8 Å². The van der Waals surface area contributed by atoms with Gasteiger partial charge < -0.3 is 18.9 Å². The summed E-state index contributed by atoms with van der Waals surface area (Å²) in [4.78, 5) is 19.8. The number of aryl methyl sites for hydroxylation is 1. The molecule has 174 valence electrons. The van der Waals surface area contributed by atoms with E-state index in [4.69, 9.17) is 14.5 Å². The third-order valence-corrected chi connectivity index (χ3v) is 6.47. The number of fused-ring (bicyclic) bond motifs is 1. The van der Waals surface area contributed by atoms with E-state index >= 15 is 0 Å². The lowest BCUT2D eigenvalue weighted by molar-refractivity contribution is -0.117. The van der Waals surface area contributed by atoms with Gasteiger partial charge in [0, 0.05) is 24.6 Å². The van der Waals surface area contributed by atoms with Crippen LogP contribution >= 0.6 is 0 Å². The van der Waals surface area contributed by atoms with E-state index < -0.39 is 0 Å². The van der Waals surface area contributed by atoms with Gasteiger partial charge in [-0.2, -0.15) is 0 Å². The average molecular weight is 456 g/mol. The van der Waals surface area contributed by atoms with Gasteiger partial charge >= 0.3 is 0 Å². The lowest BCUT2D eigenvalue weighted by atomic mass is 10.1. The van der Waals surface area contributed by atoms with Gasteiger partial charge in [-0.15, -0.1) is 0 Å². The Morgan fingerprint density at radius 1 is 0.971 bits per heavy atom. The number of hydrogen-bond acceptors (Lipinski definition) is 4. The van der Waals surface area contributed by atoms with Crippen LogP contribution in [0.1, 0.15) is 30.7 Å². The minimum absolute atomic E-state index is 0.0340. The van der Waals surface area contributed by atoms with Gasteiger partial charge in [0.25, 0.3) is 0 Å². The Balaban J connectivity index is 1.36. The van der Waals surface area contributed by atoms with E-state index in [2.05, 4.69) is 29.7 Å². The van der Waals surface area contributed by atoms with Crippen LogP contribution in [0, 0.1) is 0 Å². The van der Waals surface area contributed by atoms with E-state index in [1.54, 1.807) is 7.11 Å². The van der Waals surface area contributed by atoms with E-state index in [-0.39, 0.29) is 11.8 Å². The standard InChI is InChI=1S/C28H29N3O3/c1-3-20-8-10-22(11-9-20)31-19-21(18-27(31)32)28-29-25-6-4-5-7-26(25)30(28)16-17-34-24-14-12-23(33-2)13-15-24/h4-15,21H,3,16-19H2,1-2H3. The molecule has 1 aliphatic heterocycles. The predicted molar refractivity (Wildman–Crippen MR) is 134 cm³/mol. The van der Waals surface area contributed by atoms with Crippen molar-refractivity contribution in [2.24, 2.45) is 0 Å². The zero-order valence-corrected chi connectivity index (χ0v) is 19.6. The monoisotopic (exact) mass is 455 g/mol. The van der Waals surface area contributed by atoms with Crippen molar-refractivity contribution in [2.75, 3.05) is 25.2 Å². The third kappa shape index (κ3) is 4.36. The fraction of sp³-hybridized carbons (Fsp3) is 0.286. The molecule has 3 aromatic carbocycles. The largest absolute Gasteiger partial charge is 0.497 e. The molecule has 1 fully saturated rings. The second-order valence-corrected chi connectivity index (χ2v) is 8.56. The van der Waals surface area contributed by atoms with Gasteiger partial charge in [-0.05, 0) is 60.5 Å². The van der Waals surface area contributed by atoms with Gasteiger partial charge in [0.15, 0.2) is 0 Å². The molecule has 0 bridgehead atoms. The van der Waals surface area contributed by atoms with E-state index in [0.29, 0.717) is 26.1 Å². The van der Waals surface area contributed by atoms with Gasteiger partial charge in [0.05, 0.1) is 24.7 Å². The number of hydrogen-bond donors (Lipinski definition) is 0. The van der Waals surface area contributed by atoms with Crippen LogP contribution in [0.3, 0.4) is 0 Å². The molecule has 5 rings (SSSR count). The summed E-state index contributed by atoms with van der Waals surface area (Å²) in [7, 11) is 1.65. The van der Waals surface area contributed by atoms with Gasteiger partial charge in [0.1, 0.15) is 23.9 Å².